The minimum atomic E-state index is 0.0774. The first kappa shape index (κ1) is 11.1. The van der Waals surface area contributed by atoms with E-state index in [9.17, 15) is 4.79 Å². The number of amides is 1. The lowest BCUT2D eigenvalue weighted by Crippen LogP contribution is -2.44. The Labute approximate surface area is 96.0 Å². The van der Waals surface area contributed by atoms with Crippen LogP contribution in [0.2, 0.25) is 0 Å². The van der Waals surface area contributed by atoms with Gasteiger partial charge in [0.05, 0.1) is 6.42 Å². The third kappa shape index (κ3) is 2.83. The van der Waals surface area contributed by atoms with Crippen LogP contribution in [-0.2, 0) is 11.2 Å². The average molecular weight is 218 g/mol. The number of carbonyl (C=O) groups excluding carboxylic acids is 1. The Morgan fingerprint density at radius 1 is 1.31 bits per heavy atom. The standard InChI is InChI=1S/C13H18N2O/c14-11-7-4-8-12(11)15-13(16)9-10-5-2-1-3-6-10/h1-3,5-6,11-12H,4,7-9,14H2,(H,15,16). The lowest BCUT2D eigenvalue weighted by atomic mass is 10.1. The lowest BCUT2D eigenvalue weighted by Gasteiger charge is -2.17. The molecule has 1 amide bonds. The molecule has 3 nitrogen and oxygen atoms in total. The predicted molar refractivity (Wildman–Crippen MR) is 63.9 cm³/mol. The van der Waals surface area contributed by atoms with Crippen molar-refractivity contribution in [1.29, 1.82) is 0 Å². The summed E-state index contributed by atoms with van der Waals surface area (Å²) < 4.78 is 0. The number of carbonyl (C=O) groups is 1. The second-order valence-electron chi connectivity index (χ2n) is 4.43. The summed E-state index contributed by atoms with van der Waals surface area (Å²) in [5.74, 6) is 0.0774. The van der Waals surface area contributed by atoms with Crippen molar-refractivity contribution in [3.63, 3.8) is 0 Å². The lowest BCUT2D eigenvalue weighted by molar-refractivity contribution is -0.121. The van der Waals surface area contributed by atoms with Crippen LogP contribution in [-0.4, -0.2) is 18.0 Å². The fourth-order valence-corrected chi connectivity index (χ4v) is 2.21. The molecule has 3 N–H and O–H groups in total. The summed E-state index contributed by atoms with van der Waals surface area (Å²) in [6, 6.07) is 10.1. The zero-order valence-electron chi connectivity index (χ0n) is 9.36. The zero-order chi connectivity index (χ0) is 11.4. The van der Waals surface area contributed by atoms with Gasteiger partial charge in [0, 0.05) is 12.1 Å². The molecule has 0 saturated heterocycles. The van der Waals surface area contributed by atoms with E-state index in [1.54, 1.807) is 0 Å². The molecule has 16 heavy (non-hydrogen) atoms. The number of rotatable bonds is 3. The molecule has 0 radical (unpaired) electrons. The topological polar surface area (TPSA) is 55.1 Å². The van der Waals surface area contributed by atoms with Crippen molar-refractivity contribution < 1.29 is 4.79 Å². The van der Waals surface area contributed by atoms with Gasteiger partial charge in [-0.1, -0.05) is 30.3 Å². The third-order valence-electron chi connectivity index (χ3n) is 3.12. The maximum atomic E-state index is 11.7. The largest absolute Gasteiger partial charge is 0.352 e. The van der Waals surface area contributed by atoms with Gasteiger partial charge >= 0.3 is 0 Å². The molecule has 1 fully saturated rings. The number of nitrogens with two attached hydrogens (primary N) is 1. The molecule has 0 spiro atoms. The fraction of sp³-hybridized carbons (Fsp3) is 0.462. The van der Waals surface area contributed by atoms with Crippen molar-refractivity contribution in [3.05, 3.63) is 35.9 Å². The van der Waals surface area contributed by atoms with Crippen molar-refractivity contribution in [2.45, 2.75) is 37.8 Å². The van der Waals surface area contributed by atoms with Crippen LogP contribution in [0.3, 0.4) is 0 Å². The maximum absolute atomic E-state index is 11.7. The minimum absolute atomic E-state index is 0.0774. The van der Waals surface area contributed by atoms with Gasteiger partial charge in [-0.2, -0.15) is 0 Å². The zero-order valence-corrected chi connectivity index (χ0v) is 9.36. The molecule has 86 valence electrons. The Morgan fingerprint density at radius 2 is 2.06 bits per heavy atom. The Balaban J connectivity index is 1.85. The molecule has 1 aromatic carbocycles. The molecular formula is C13H18N2O. The molecule has 1 aromatic rings. The molecule has 1 saturated carbocycles. The first-order chi connectivity index (χ1) is 7.75. The smallest absolute Gasteiger partial charge is 0.224 e. The minimum Gasteiger partial charge on any atom is -0.352 e. The van der Waals surface area contributed by atoms with Gasteiger partial charge in [0.2, 0.25) is 5.91 Å². The van der Waals surface area contributed by atoms with Gasteiger partial charge in [-0.05, 0) is 24.8 Å². The molecule has 3 heteroatoms. The highest BCUT2D eigenvalue weighted by molar-refractivity contribution is 5.78. The quantitative estimate of drug-likeness (QED) is 0.801. The van der Waals surface area contributed by atoms with Gasteiger partial charge in [0.25, 0.3) is 0 Å². The summed E-state index contributed by atoms with van der Waals surface area (Å²) in [7, 11) is 0. The van der Waals surface area contributed by atoms with Crippen molar-refractivity contribution >= 4 is 5.91 Å². The molecule has 1 aliphatic carbocycles. The molecule has 1 aliphatic rings. The van der Waals surface area contributed by atoms with Crippen LogP contribution >= 0.6 is 0 Å². The first-order valence-electron chi connectivity index (χ1n) is 5.84. The third-order valence-corrected chi connectivity index (χ3v) is 3.12. The van der Waals surface area contributed by atoms with Crippen molar-refractivity contribution in [1.82, 2.24) is 5.32 Å². The van der Waals surface area contributed by atoms with Crippen LogP contribution in [0.1, 0.15) is 24.8 Å². The van der Waals surface area contributed by atoms with Crippen molar-refractivity contribution in [3.8, 4) is 0 Å². The van der Waals surface area contributed by atoms with E-state index >= 15 is 0 Å². The Kier molecular flexibility index (Phi) is 3.57. The van der Waals surface area contributed by atoms with E-state index in [-0.39, 0.29) is 18.0 Å². The summed E-state index contributed by atoms with van der Waals surface area (Å²) in [5.41, 5.74) is 6.95. The number of benzene rings is 1. The van der Waals surface area contributed by atoms with Gasteiger partial charge in [-0.15, -0.1) is 0 Å². The van der Waals surface area contributed by atoms with Crippen molar-refractivity contribution in [2.75, 3.05) is 0 Å². The predicted octanol–water partition coefficient (Wildman–Crippen LogP) is 1.23. The second-order valence-corrected chi connectivity index (χ2v) is 4.43. The van der Waals surface area contributed by atoms with Crippen LogP contribution in [0.4, 0.5) is 0 Å². The summed E-state index contributed by atoms with van der Waals surface area (Å²) in [6.45, 7) is 0. The molecule has 2 unspecified atom stereocenters. The van der Waals surface area contributed by atoms with Gasteiger partial charge in [-0.3, -0.25) is 4.79 Å². The van der Waals surface area contributed by atoms with E-state index < -0.39 is 0 Å². The van der Waals surface area contributed by atoms with Crippen molar-refractivity contribution in [2.24, 2.45) is 5.73 Å². The molecule has 0 aliphatic heterocycles. The molecule has 2 atom stereocenters. The van der Waals surface area contributed by atoms with E-state index in [4.69, 9.17) is 5.73 Å². The highest BCUT2D eigenvalue weighted by Gasteiger charge is 2.24. The van der Waals surface area contributed by atoms with Gasteiger partial charge in [0.15, 0.2) is 0 Å². The summed E-state index contributed by atoms with van der Waals surface area (Å²) in [4.78, 5) is 11.7. The molecule has 0 bridgehead atoms. The first-order valence-corrected chi connectivity index (χ1v) is 5.84. The summed E-state index contributed by atoms with van der Waals surface area (Å²) >= 11 is 0. The van der Waals surface area contributed by atoms with Crippen LogP contribution in [0, 0.1) is 0 Å². The number of hydrogen-bond donors (Lipinski definition) is 2. The monoisotopic (exact) mass is 218 g/mol. The Bertz CT molecular complexity index is 350. The van der Waals surface area contributed by atoms with Crippen LogP contribution in [0.5, 0.6) is 0 Å². The number of nitrogens with one attached hydrogen (secondary N) is 1. The summed E-state index contributed by atoms with van der Waals surface area (Å²) in [6.07, 6.45) is 3.61. The molecule has 2 rings (SSSR count). The van der Waals surface area contributed by atoms with E-state index in [1.807, 2.05) is 30.3 Å². The maximum Gasteiger partial charge on any atom is 0.224 e. The molecular weight excluding hydrogens is 200 g/mol. The molecule has 0 aromatic heterocycles. The van der Waals surface area contributed by atoms with Gasteiger partial charge < -0.3 is 11.1 Å². The average Bonchev–Trinajstić information content (AvgIpc) is 2.66. The Morgan fingerprint density at radius 3 is 2.69 bits per heavy atom. The number of hydrogen-bond acceptors (Lipinski definition) is 2. The van der Waals surface area contributed by atoms with E-state index in [1.165, 1.54) is 0 Å². The highest BCUT2D eigenvalue weighted by atomic mass is 16.1. The SMILES string of the molecule is NC1CCCC1NC(=O)Cc1ccccc1. The van der Waals surface area contributed by atoms with Crippen LogP contribution in [0.15, 0.2) is 30.3 Å². The summed E-state index contributed by atoms with van der Waals surface area (Å²) in [5, 5.41) is 3.01. The highest BCUT2D eigenvalue weighted by Crippen LogP contribution is 2.17. The van der Waals surface area contributed by atoms with Crippen LogP contribution in [0.25, 0.3) is 0 Å². The van der Waals surface area contributed by atoms with E-state index in [0.29, 0.717) is 6.42 Å². The van der Waals surface area contributed by atoms with E-state index in [0.717, 1.165) is 24.8 Å². The molecule has 0 heterocycles. The fourth-order valence-electron chi connectivity index (χ4n) is 2.21. The van der Waals surface area contributed by atoms with Crippen LogP contribution < -0.4 is 11.1 Å². The normalized spacial score (nSPS) is 24.3. The second kappa shape index (κ2) is 5.12. The van der Waals surface area contributed by atoms with Gasteiger partial charge in [0.1, 0.15) is 0 Å². The van der Waals surface area contributed by atoms with Gasteiger partial charge in [-0.25, -0.2) is 0 Å². The Hall–Kier alpha value is -1.35. The van der Waals surface area contributed by atoms with E-state index in [2.05, 4.69) is 5.32 Å².